The maximum absolute atomic E-state index is 12.0. The molecule has 138 valence electrons. The third-order valence-electron chi connectivity index (χ3n) is 3.96. The number of morpholine rings is 1. The summed E-state index contributed by atoms with van der Waals surface area (Å²) in [6.07, 6.45) is 0.150. The molecule has 0 spiro atoms. The molecule has 0 bridgehead atoms. The van der Waals surface area contributed by atoms with E-state index in [0.717, 1.165) is 0 Å². The Balaban J connectivity index is 1.94. The van der Waals surface area contributed by atoms with E-state index in [-0.39, 0.29) is 29.6 Å². The molecule has 1 aliphatic heterocycles. The molecule has 1 aromatic rings. The summed E-state index contributed by atoms with van der Waals surface area (Å²) in [4.78, 5) is 25.9. The average molecular weight is 369 g/mol. The first-order valence-corrected chi connectivity index (χ1v) is 9.51. The van der Waals surface area contributed by atoms with Crippen LogP contribution in [0.15, 0.2) is 23.1 Å². The van der Waals surface area contributed by atoms with Crippen molar-refractivity contribution in [2.24, 2.45) is 0 Å². The van der Waals surface area contributed by atoms with Gasteiger partial charge in [-0.15, -0.1) is 0 Å². The largest absolute Gasteiger partial charge is 0.378 e. The lowest BCUT2D eigenvalue weighted by Crippen LogP contribution is -2.40. The van der Waals surface area contributed by atoms with Crippen molar-refractivity contribution in [3.8, 4) is 0 Å². The Morgan fingerprint density at radius 1 is 1.20 bits per heavy atom. The molecule has 2 amide bonds. The molecule has 1 saturated heterocycles. The SMILES string of the molecule is CNS(=O)(=O)c1cc(NC(=O)CCC(=O)N2CCOCC2)ccc1C. The van der Waals surface area contributed by atoms with Gasteiger partial charge >= 0.3 is 0 Å². The number of hydrogen-bond acceptors (Lipinski definition) is 5. The van der Waals surface area contributed by atoms with Crippen LogP contribution in [0.1, 0.15) is 18.4 Å². The van der Waals surface area contributed by atoms with Gasteiger partial charge in [0.1, 0.15) is 0 Å². The van der Waals surface area contributed by atoms with Crippen LogP contribution in [-0.2, 0) is 24.3 Å². The van der Waals surface area contributed by atoms with E-state index in [1.54, 1.807) is 24.0 Å². The van der Waals surface area contributed by atoms with Crippen LogP contribution in [0.5, 0.6) is 0 Å². The first-order valence-electron chi connectivity index (χ1n) is 8.03. The highest BCUT2D eigenvalue weighted by Gasteiger charge is 2.19. The fourth-order valence-electron chi connectivity index (χ4n) is 2.49. The highest BCUT2D eigenvalue weighted by atomic mass is 32.2. The third-order valence-corrected chi connectivity index (χ3v) is 5.52. The Morgan fingerprint density at radius 3 is 2.52 bits per heavy atom. The van der Waals surface area contributed by atoms with Gasteiger partial charge in [0.15, 0.2) is 0 Å². The number of benzene rings is 1. The van der Waals surface area contributed by atoms with Crippen LogP contribution in [0.25, 0.3) is 0 Å². The summed E-state index contributed by atoms with van der Waals surface area (Å²) >= 11 is 0. The molecular formula is C16H23N3O5S. The number of nitrogens with zero attached hydrogens (tertiary/aromatic N) is 1. The van der Waals surface area contributed by atoms with E-state index in [9.17, 15) is 18.0 Å². The Kier molecular flexibility index (Phi) is 6.51. The quantitative estimate of drug-likeness (QED) is 0.759. The van der Waals surface area contributed by atoms with Gasteiger partial charge in [-0.2, -0.15) is 0 Å². The zero-order valence-electron chi connectivity index (χ0n) is 14.4. The van der Waals surface area contributed by atoms with Crippen molar-refractivity contribution >= 4 is 27.5 Å². The second-order valence-electron chi connectivity index (χ2n) is 5.73. The summed E-state index contributed by atoms with van der Waals surface area (Å²) in [6.45, 7) is 3.80. The standard InChI is InChI=1S/C16H23N3O5S/c1-12-3-4-13(11-14(12)25(22,23)17-2)18-15(20)5-6-16(21)19-7-9-24-10-8-19/h3-4,11,17H,5-10H2,1-2H3,(H,18,20). The van der Waals surface area contributed by atoms with Gasteiger partial charge in [-0.3, -0.25) is 9.59 Å². The fraction of sp³-hybridized carbons (Fsp3) is 0.500. The van der Waals surface area contributed by atoms with Crippen molar-refractivity contribution < 1.29 is 22.7 Å². The average Bonchev–Trinajstić information content (AvgIpc) is 2.62. The van der Waals surface area contributed by atoms with Gasteiger partial charge in [-0.05, 0) is 31.7 Å². The summed E-state index contributed by atoms with van der Waals surface area (Å²) in [5.41, 5.74) is 0.957. The molecule has 0 unspecified atom stereocenters. The predicted octanol–water partition coefficient (Wildman–Crippen LogP) is 0.481. The highest BCUT2D eigenvalue weighted by Crippen LogP contribution is 2.20. The van der Waals surface area contributed by atoms with Crippen LogP contribution >= 0.6 is 0 Å². The van der Waals surface area contributed by atoms with Crippen molar-refractivity contribution in [3.63, 3.8) is 0 Å². The van der Waals surface area contributed by atoms with Gasteiger partial charge in [0.05, 0.1) is 18.1 Å². The molecule has 0 saturated carbocycles. The fourth-order valence-corrected chi connectivity index (χ4v) is 3.49. The minimum atomic E-state index is -3.60. The third kappa shape index (κ3) is 5.25. The second kappa shape index (κ2) is 8.41. The molecule has 9 heteroatoms. The molecule has 1 aromatic carbocycles. The minimum absolute atomic E-state index is 0.0399. The van der Waals surface area contributed by atoms with Crippen LogP contribution in [0.4, 0.5) is 5.69 Å². The number of rotatable bonds is 6. The van der Waals surface area contributed by atoms with E-state index < -0.39 is 10.0 Å². The number of hydrogen-bond donors (Lipinski definition) is 2. The van der Waals surface area contributed by atoms with E-state index in [4.69, 9.17) is 4.74 Å². The predicted molar refractivity (Wildman–Crippen MR) is 92.7 cm³/mol. The maximum Gasteiger partial charge on any atom is 0.240 e. The van der Waals surface area contributed by atoms with Gasteiger partial charge in [0.25, 0.3) is 0 Å². The Labute approximate surface area is 147 Å². The zero-order valence-corrected chi connectivity index (χ0v) is 15.2. The number of amides is 2. The van der Waals surface area contributed by atoms with Crippen LogP contribution in [-0.4, -0.2) is 58.5 Å². The van der Waals surface area contributed by atoms with Gasteiger partial charge in [-0.25, -0.2) is 13.1 Å². The molecule has 1 fully saturated rings. The van der Waals surface area contributed by atoms with Gasteiger partial charge < -0.3 is 15.0 Å². The number of sulfonamides is 1. The summed E-state index contributed by atoms with van der Waals surface area (Å²) < 4.78 is 31.4. The van der Waals surface area contributed by atoms with Crippen molar-refractivity contribution in [3.05, 3.63) is 23.8 Å². The van der Waals surface area contributed by atoms with Gasteiger partial charge in [-0.1, -0.05) is 6.07 Å². The van der Waals surface area contributed by atoms with E-state index in [1.807, 2.05) is 0 Å². The lowest BCUT2D eigenvalue weighted by molar-refractivity contribution is -0.136. The molecule has 1 aliphatic rings. The Bertz CT molecular complexity index is 742. The summed E-state index contributed by atoms with van der Waals surface area (Å²) in [5.74, 6) is -0.418. The normalized spacial score (nSPS) is 15.0. The Hall–Kier alpha value is -1.97. The van der Waals surface area contributed by atoms with E-state index >= 15 is 0 Å². The molecule has 0 aromatic heterocycles. The lowest BCUT2D eigenvalue weighted by atomic mass is 10.2. The first kappa shape index (κ1) is 19.4. The van der Waals surface area contributed by atoms with Crippen LogP contribution < -0.4 is 10.0 Å². The molecular weight excluding hydrogens is 346 g/mol. The number of aryl methyl sites for hydroxylation is 1. The van der Waals surface area contributed by atoms with E-state index in [0.29, 0.717) is 37.6 Å². The molecule has 0 radical (unpaired) electrons. The molecule has 0 atom stereocenters. The van der Waals surface area contributed by atoms with Crippen molar-refractivity contribution in [1.82, 2.24) is 9.62 Å². The zero-order chi connectivity index (χ0) is 18.4. The van der Waals surface area contributed by atoms with Crippen molar-refractivity contribution in [2.45, 2.75) is 24.7 Å². The summed E-state index contributed by atoms with van der Waals surface area (Å²) in [6, 6.07) is 4.66. The molecule has 2 rings (SSSR count). The van der Waals surface area contributed by atoms with E-state index in [1.165, 1.54) is 13.1 Å². The smallest absolute Gasteiger partial charge is 0.240 e. The summed E-state index contributed by atoms with van der Waals surface area (Å²) in [5, 5.41) is 2.64. The molecule has 2 N–H and O–H groups in total. The molecule has 0 aliphatic carbocycles. The van der Waals surface area contributed by atoms with Gasteiger partial charge in [0.2, 0.25) is 21.8 Å². The number of carbonyl (C=O) groups is 2. The van der Waals surface area contributed by atoms with E-state index in [2.05, 4.69) is 10.0 Å². The van der Waals surface area contributed by atoms with Gasteiger partial charge in [0, 0.05) is 31.6 Å². The number of anilines is 1. The lowest BCUT2D eigenvalue weighted by Gasteiger charge is -2.26. The van der Waals surface area contributed by atoms with Crippen LogP contribution in [0.2, 0.25) is 0 Å². The highest BCUT2D eigenvalue weighted by molar-refractivity contribution is 7.89. The monoisotopic (exact) mass is 369 g/mol. The molecule has 1 heterocycles. The topological polar surface area (TPSA) is 105 Å². The maximum atomic E-state index is 12.0. The number of carbonyl (C=O) groups excluding carboxylic acids is 2. The molecule has 8 nitrogen and oxygen atoms in total. The first-order chi connectivity index (χ1) is 11.8. The minimum Gasteiger partial charge on any atom is -0.378 e. The van der Waals surface area contributed by atoms with Crippen molar-refractivity contribution in [1.29, 1.82) is 0 Å². The number of ether oxygens (including phenoxy) is 1. The van der Waals surface area contributed by atoms with Crippen LogP contribution in [0, 0.1) is 6.92 Å². The van der Waals surface area contributed by atoms with Crippen LogP contribution in [0.3, 0.4) is 0 Å². The Morgan fingerprint density at radius 2 is 1.88 bits per heavy atom. The molecule has 25 heavy (non-hydrogen) atoms. The summed E-state index contributed by atoms with van der Waals surface area (Å²) in [7, 11) is -2.27. The number of nitrogens with one attached hydrogen (secondary N) is 2. The van der Waals surface area contributed by atoms with Crippen molar-refractivity contribution in [2.75, 3.05) is 38.7 Å². The second-order valence-corrected chi connectivity index (χ2v) is 7.58.